The molecule has 0 saturated heterocycles. The van der Waals surface area contributed by atoms with E-state index in [1.807, 2.05) is 0 Å². The summed E-state index contributed by atoms with van der Waals surface area (Å²) >= 11 is 0. The minimum atomic E-state index is -2.43. The zero-order valence-corrected chi connectivity index (χ0v) is 9.31. The van der Waals surface area contributed by atoms with Crippen LogP contribution in [0.1, 0.15) is 5.69 Å². The molecular formula is C10H16F2N4O. The van der Waals surface area contributed by atoms with E-state index in [1.165, 1.54) is 4.90 Å². The number of aromatic nitrogens is 1. The van der Waals surface area contributed by atoms with Crippen molar-refractivity contribution in [1.82, 2.24) is 9.88 Å². The first-order valence-corrected chi connectivity index (χ1v) is 5.18. The monoisotopic (exact) mass is 246 g/mol. The highest BCUT2D eigenvalue weighted by atomic mass is 19.3. The Morgan fingerprint density at radius 3 is 2.88 bits per heavy atom. The van der Waals surface area contributed by atoms with Crippen LogP contribution in [0.25, 0.3) is 0 Å². The second kappa shape index (κ2) is 7.10. The van der Waals surface area contributed by atoms with Gasteiger partial charge in [-0.25, -0.2) is 8.78 Å². The average Bonchev–Trinajstić information content (AvgIpc) is 2.29. The van der Waals surface area contributed by atoms with Gasteiger partial charge in [0.2, 0.25) is 0 Å². The first-order valence-electron chi connectivity index (χ1n) is 5.18. The SMILES string of the molecule is NNc1ccnc(CN(CCO)CC(F)F)c1. The van der Waals surface area contributed by atoms with Crippen molar-refractivity contribution >= 4 is 5.69 Å². The van der Waals surface area contributed by atoms with Gasteiger partial charge in [0.05, 0.1) is 24.5 Å². The number of hydrogen-bond donors (Lipinski definition) is 3. The number of halogens is 2. The second-order valence-corrected chi connectivity index (χ2v) is 3.53. The summed E-state index contributed by atoms with van der Waals surface area (Å²) in [6.07, 6.45) is -0.887. The normalized spacial score (nSPS) is 11.2. The Balaban J connectivity index is 2.64. The number of nitrogens with zero attached hydrogens (tertiary/aromatic N) is 2. The summed E-state index contributed by atoms with van der Waals surface area (Å²) in [4.78, 5) is 5.49. The van der Waals surface area contributed by atoms with E-state index in [1.54, 1.807) is 18.3 Å². The molecule has 7 heteroatoms. The van der Waals surface area contributed by atoms with Crippen molar-refractivity contribution in [3.05, 3.63) is 24.0 Å². The largest absolute Gasteiger partial charge is 0.395 e. The fourth-order valence-electron chi connectivity index (χ4n) is 1.46. The Morgan fingerprint density at radius 1 is 1.53 bits per heavy atom. The quantitative estimate of drug-likeness (QED) is 0.480. The highest BCUT2D eigenvalue weighted by Crippen LogP contribution is 2.09. The Bertz CT molecular complexity index is 338. The number of nitrogens with one attached hydrogen (secondary N) is 1. The standard InChI is InChI=1S/C10H16F2N4O/c11-10(12)7-16(3-4-17)6-9-5-8(15-13)1-2-14-9/h1-2,5,10,17H,3-4,6-7,13H2,(H,14,15). The van der Waals surface area contributed by atoms with Crippen LogP contribution in [0.4, 0.5) is 14.5 Å². The third kappa shape index (κ3) is 5.03. The number of nitrogens with two attached hydrogens (primary N) is 1. The maximum Gasteiger partial charge on any atom is 0.251 e. The number of hydrogen-bond acceptors (Lipinski definition) is 5. The lowest BCUT2D eigenvalue weighted by Gasteiger charge is -2.20. The molecule has 0 atom stereocenters. The maximum absolute atomic E-state index is 12.3. The summed E-state index contributed by atoms with van der Waals surface area (Å²) in [6, 6.07) is 3.35. The van der Waals surface area contributed by atoms with Crippen molar-refractivity contribution < 1.29 is 13.9 Å². The van der Waals surface area contributed by atoms with E-state index in [2.05, 4.69) is 10.4 Å². The topological polar surface area (TPSA) is 74.4 Å². The maximum atomic E-state index is 12.3. The number of rotatable bonds is 7. The molecule has 0 unspecified atom stereocenters. The summed E-state index contributed by atoms with van der Waals surface area (Å²) in [5, 5.41) is 8.79. The number of pyridine rings is 1. The molecule has 0 aliphatic carbocycles. The zero-order valence-electron chi connectivity index (χ0n) is 9.31. The van der Waals surface area contributed by atoms with Crippen LogP contribution in [0.2, 0.25) is 0 Å². The van der Waals surface area contributed by atoms with Gasteiger partial charge in [-0.05, 0) is 12.1 Å². The predicted molar refractivity (Wildman–Crippen MR) is 60.4 cm³/mol. The van der Waals surface area contributed by atoms with Gasteiger partial charge >= 0.3 is 0 Å². The van der Waals surface area contributed by atoms with Crippen LogP contribution in [0, 0.1) is 0 Å². The van der Waals surface area contributed by atoms with E-state index in [9.17, 15) is 8.78 Å². The van der Waals surface area contributed by atoms with Gasteiger partial charge in [-0.2, -0.15) is 0 Å². The Hall–Kier alpha value is -1.31. The molecule has 1 rings (SSSR count). The van der Waals surface area contributed by atoms with Gasteiger partial charge in [-0.15, -0.1) is 0 Å². The fourth-order valence-corrected chi connectivity index (χ4v) is 1.46. The Morgan fingerprint density at radius 2 is 2.29 bits per heavy atom. The number of alkyl halides is 2. The molecule has 0 aliphatic heterocycles. The molecular weight excluding hydrogens is 230 g/mol. The van der Waals surface area contributed by atoms with E-state index in [4.69, 9.17) is 10.9 Å². The minimum Gasteiger partial charge on any atom is -0.395 e. The molecule has 0 saturated carbocycles. The van der Waals surface area contributed by atoms with E-state index >= 15 is 0 Å². The molecule has 0 aromatic carbocycles. The van der Waals surface area contributed by atoms with E-state index in [0.717, 1.165) is 0 Å². The van der Waals surface area contributed by atoms with Gasteiger partial charge in [0.15, 0.2) is 0 Å². The molecule has 0 spiro atoms. The van der Waals surface area contributed by atoms with Gasteiger partial charge in [-0.3, -0.25) is 15.7 Å². The van der Waals surface area contributed by atoms with Crippen molar-refractivity contribution in [1.29, 1.82) is 0 Å². The smallest absolute Gasteiger partial charge is 0.251 e. The summed E-state index contributed by atoms with van der Waals surface area (Å²) in [6.45, 7) is -0.114. The third-order valence-electron chi connectivity index (χ3n) is 2.18. The molecule has 0 radical (unpaired) electrons. The van der Waals surface area contributed by atoms with E-state index in [0.29, 0.717) is 11.4 Å². The van der Waals surface area contributed by atoms with Crippen LogP contribution in [0.15, 0.2) is 18.3 Å². The summed E-state index contributed by atoms with van der Waals surface area (Å²) < 4.78 is 24.6. The lowest BCUT2D eigenvalue weighted by molar-refractivity contribution is 0.0740. The number of anilines is 1. The molecule has 0 amide bonds. The highest BCUT2D eigenvalue weighted by Gasteiger charge is 2.12. The van der Waals surface area contributed by atoms with Crippen LogP contribution in [-0.4, -0.2) is 41.1 Å². The molecule has 17 heavy (non-hydrogen) atoms. The molecule has 96 valence electrons. The second-order valence-electron chi connectivity index (χ2n) is 3.53. The summed E-state index contributed by atoms with van der Waals surface area (Å²) in [7, 11) is 0. The highest BCUT2D eigenvalue weighted by molar-refractivity contribution is 5.41. The van der Waals surface area contributed by atoms with Gasteiger partial charge in [0.1, 0.15) is 0 Å². The van der Waals surface area contributed by atoms with Gasteiger partial charge < -0.3 is 10.5 Å². The van der Waals surface area contributed by atoms with Gasteiger partial charge in [0.25, 0.3) is 6.43 Å². The van der Waals surface area contributed by atoms with Crippen LogP contribution in [-0.2, 0) is 6.54 Å². The lowest BCUT2D eigenvalue weighted by atomic mass is 10.3. The van der Waals surface area contributed by atoms with Crippen molar-refractivity contribution in [2.45, 2.75) is 13.0 Å². The number of hydrazine groups is 1. The van der Waals surface area contributed by atoms with Gasteiger partial charge in [0, 0.05) is 19.3 Å². The van der Waals surface area contributed by atoms with Crippen molar-refractivity contribution in [2.75, 3.05) is 25.1 Å². The Labute approximate surface area is 98.2 Å². The minimum absolute atomic E-state index is 0.165. The summed E-state index contributed by atoms with van der Waals surface area (Å²) in [5.41, 5.74) is 3.74. The summed E-state index contributed by atoms with van der Waals surface area (Å²) in [5.74, 6) is 5.24. The number of nitrogen functional groups attached to an aromatic ring is 1. The number of aliphatic hydroxyl groups is 1. The average molecular weight is 246 g/mol. The predicted octanol–water partition coefficient (Wildman–Crippen LogP) is 0.427. The molecule has 1 aromatic heterocycles. The van der Waals surface area contributed by atoms with Crippen molar-refractivity contribution in [2.24, 2.45) is 5.84 Å². The van der Waals surface area contributed by atoms with Crippen LogP contribution in [0.5, 0.6) is 0 Å². The Kier molecular flexibility index (Phi) is 5.75. The molecule has 0 fully saturated rings. The molecule has 0 bridgehead atoms. The zero-order chi connectivity index (χ0) is 12.7. The molecule has 4 N–H and O–H groups in total. The molecule has 0 aliphatic rings. The molecule has 1 aromatic rings. The van der Waals surface area contributed by atoms with Crippen LogP contribution < -0.4 is 11.3 Å². The van der Waals surface area contributed by atoms with Crippen LogP contribution in [0.3, 0.4) is 0 Å². The van der Waals surface area contributed by atoms with Gasteiger partial charge in [-0.1, -0.05) is 0 Å². The number of aliphatic hydroxyl groups excluding tert-OH is 1. The molecule has 5 nitrogen and oxygen atoms in total. The van der Waals surface area contributed by atoms with Crippen molar-refractivity contribution in [3.63, 3.8) is 0 Å². The van der Waals surface area contributed by atoms with Crippen LogP contribution >= 0.6 is 0 Å². The fraction of sp³-hybridized carbons (Fsp3) is 0.500. The molecule has 1 heterocycles. The van der Waals surface area contributed by atoms with E-state index in [-0.39, 0.29) is 26.2 Å². The first-order chi connectivity index (χ1) is 8.15. The van der Waals surface area contributed by atoms with Crippen molar-refractivity contribution in [3.8, 4) is 0 Å². The van der Waals surface area contributed by atoms with E-state index < -0.39 is 6.43 Å². The third-order valence-corrected chi connectivity index (χ3v) is 2.18. The lowest BCUT2D eigenvalue weighted by Crippen LogP contribution is -2.31. The first kappa shape index (κ1) is 13.8.